The number of rotatable bonds is 6. The van der Waals surface area contributed by atoms with Crippen molar-refractivity contribution in [3.05, 3.63) is 47.3 Å². The zero-order valence-corrected chi connectivity index (χ0v) is 12.1. The average Bonchev–Trinajstić information content (AvgIpc) is 2.53. The van der Waals surface area contributed by atoms with Crippen molar-refractivity contribution < 1.29 is 4.74 Å². The van der Waals surface area contributed by atoms with Gasteiger partial charge in [-0.3, -0.25) is 0 Å². The van der Waals surface area contributed by atoms with E-state index in [2.05, 4.69) is 26.7 Å². The molecule has 0 radical (unpaired) electrons. The number of nitrogens with one attached hydrogen (secondary N) is 2. The standard InChI is InChI=1S/C15H17N5O/c1-17-13-7-14(20-15(19-13)10-21-2)18-9-12-5-3-4-11(6-12)8-16/h3-7H,9-10H2,1-2H3,(H2,17,18,19,20). The van der Waals surface area contributed by atoms with Gasteiger partial charge < -0.3 is 15.4 Å². The molecular weight excluding hydrogens is 266 g/mol. The van der Waals surface area contributed by atoms with Crippen molar-refractivity contribution in [1.82, 2.24) is 9.97 Å². The van der Waals surface area contributed by atoms with E-state index in [0.29, 0.717) is 30.4 Å². The van der Waals surface area contributed by atoms with Gasteiger partial charge in [0.25, 0.3) is 0 Å². The van der Waals surface area contributed by atoms with Crippen LogP contribution >= 0.6 is 0 Å². The Morgan fingerprint density at radius 1 is 1.24 bits per heavy atom. The SMILES string of the molecule is CNc1cc(NCc2cccc(C#N)c2)nc(COC)n1. The molecule has 0 unspecified atom stereocenters. The van der Waals surface area contributed by atoms with Crippen molar-refractivity contribution in [1.29, 1.82) is 5.26 Å². The highest BCUT2D eigenvalue weighted by Gasteiger charge is 2.04. The van der Waals surface area contributed by atoms with Gasteiger partial charge in [-0.05, 0) is 17.7 Å². The minimum atomic E-state index is 0.355. The second kappa shape index (κ2) is 7.22. The number of nitriles is 1. The molecule has 1 aromatic carbocycles. The van der Waals surface area contributed by atoms with E-state index < -0.39 is 0 Å². The van der Waals surface area contributed by atoms with Gasteiger partial charge in [-0.1, -0.05) is 12.1 Å². The maximum atomic E-state index is 8.90. The summed E-state index contributed by atoms with van der Waals surface area (Å²) in [7, 11) is 3.41. The van der Waals surface area contributed by atoms with E-state index in [1.165, 1.54) is 0 Å². The van der Waals surface area contributed by atoms with Crippen LogP contribution in [0.3, 0.4) is 0 Å². The van der Waals surface area contributed by atoms with E-state index in [1.54, 1.807) is 20.2 Å². The summed E-state index contributed by atoms with van der Waals surface area (Å²) in [6, 6.07) is 11.4. The van der Waals surface area contributed by atoms with Crippen LogP contribution in [0.5, 0.6) is 0 Å². The molecule has 1 heterocycles. The minimum Gasteiger partial charge on any atom is -0.377 e. The topological polar surface area (TPSA) is 82.9 Å². The maximum absolute atomic E-state index is 8.90. The van der Waals surface area contributed by atoms with E-state index in [1.807, 2.05) is 24.3 Å². The summed E-state index contributed by atoms with van der Waals surface area (Å²) < 4.78 is 5.06. The van der Waals surface area contributed by atoms with E-state index in [0.717, 1.165) is 11.4 Å². The molecule has 0 amide bonds. The molecular formula is C15H17N5O. The third-order valence-corrected chi connectivity index (χ3v) is 2.83. The van der Waals surface area contributed by atoms with Crippen molar-refractivity contribution in [2.75, 3.05) is 24.8 Å². The Morgan fingerprint density at radius 2 is 2.05 bits per heavy atom. The Bertz CT molecular complexity index is 651. The smallest absolute Gasteiger partial charge is 0.158 e. The summed E-state index contributed by atoms with van der Waals surface area (Å²) in [4.78, 5) is 8.67. The number of hydrogen-bond donors (Lipinski definition) is 2. The van der Waals surface area contributed by atoms with Gasteiger partial charge in [0.1, 0.15) is 18.2 Å². The summed E-state index contributed by atoms with van der Waals surface area (Å²) >= 11 is 0. The van der Waals surface area contributed by atoms with Gasteiger partial charge in [0, 0.05) is 26.8 Å². The number of benzene rings is 1. The van der Waals surface area contributed by atoms with Crippen LogP contribution < -0.4 is 10.6 Å². The van der Waals surface area contributed by atoms with Crippen LogP contribution in [-0.2, 0) is 17.9 Å². The Hall–Kier alpha value is -2.65. The number of aromatic nitrogens is 2. The summed E-state index contributed by atoms with van der Waals surface area (Å²) in [6.07, 6.45) is 0. The molecule has 21 heavy (non-hydrogen) atoms. The van der Waals surface area contributed by atoms with Gasteiger partial charge in [-0.2, -0.15) is 5.26 Å². The molecule has 0 spiro atoms. The largest absolute Gasteiger partial charge is 0.377 e. The third-order valence-electron chi connectivity index (χ3n) is 2.83. The van der Waals surface area contributed by atoms with Gasteiger partial charge >= 0.3 is 0 Å². The van der Waals surface area contributed by atoms with Gasteiger partial charge in [0.05, 0.1) is 11.6 Å². The van der Waals surface area contributed by atoms with Crippen LogP contribution in [0.15, 0.2) is 30.3 Å². The number of anilines is 2. The van der Waals surface area contributed by atoms with E-state index >= 15 is 0 Å². The van der Waals surface area contributed by atoms with Gasteiger partial charge in [0.15, 0.2) is 5.82 Å². The summed E-state index contributed by atoms with van der Waals surface area (Å²) in [5.74, 6) is 2.05. The number of methoxy groups -OCH3 is 1. The zero-order chi connectivity index (χ0) is 15.1. The number of hydrogen-bond acceptors (Lipinski definition) is 6. The maximum Gasteiger partial charge on any atom is 0.158 e. The Labute approximate surface area is 123 Å². The Balaban J connectivity index is 2.11. The lowest BCUT2D eigenvalue weighted by molar-refractivity contribution is 0.178. The van der Waals surface area contributed by atoms with Crippen LogP contribution in [0.1, 0.15) is 17.0 Å². The van der Waals surface area contributed by atoms with Crippen molar-refractivity contribution in [2.45, 2.75) is 13.2 Å². The highest BCUT2D eigenvalue weighted by atomic mass is 16.5. The zero-order valence-electron chi connectivity index (χ0n) is 12.1. The molecule has 0 saturated heterocycles. The second-order valence-electron chi connectivity index (χ2n) is 4.40. The van der Waals surface area contributed by atoms with Gasteiger partial charge in [0.2, 0.25) is 0 Å². The molecule has 2 rings (SSSR count). The Morgan fingerprint density at radius 3 is 2.76 bits per heavy atom. The lowest BCUT2D eigenvalue weighted by Crippen LogP contribution is -2.07. The first-order valence-corrected chi connectivity index (χ1v) is 6.52. The third kappa shape index (κ3) is 4.16. The lowest BCUT2D eigenvalue weighted by Gasteiger charge is -2.10. The predicted octanol–water partition coefficient (Wildman–Crippen LogP) is 2.15. The molecule has 0 atom stereocenters. The Kier molecular flexibility index (Phi) is 5.07. The molecule has 2 N–H and O–H groups in total. The van der Waals surface area contributed by atoms with Crippen molar-refractivity contribution >= 4 is 11.6 Å². The molecule has 6 nitrogen and oxygen atoms in total. The van der Waals surface area contributed by atoms with E-state index in [4.69, 9.17) is 10.00 Å². The van der Waals surface area contributed by atoms with Crippen LogP contribution in [0, 0.1) is 11.3 Å². The first-order valence-electron chi connectivity index (χ1n) is 6.52. The monoisotopic (exact) mass is 283 g/mol. The molecule has 0 aliphatic rings. The molecule has 6 heteroatoms. The first kappa shape index (κ1) is 14.8. The fraction of sp³-hybridized carbons (Fsp3) is 0.267. The first-order chi connectivity index (χ1) is 10.2. The van der Waals surface area contributed by atoms with Crippen LogP contribution in [-0.4, -0.2) is 24.1 Å². The van der Waals surface area contributed by atoms with E-state index in [-0.39, 0.29) is 0 Å². The molecule has 0 fully saturated rings. The fourth-order valence-electron chi connectivity index (χ4n) is 1.85. The molecule has 0 aliphatic heterocycles. The molecule has 0 aliphatic carbocycles. The molecule has 0 bridgehead atoms. The van der Waals surface area contributed by atoms with Crippen molar-refractivity contribution in [2.24, 2.45) is 0 Å². The number of ether oxygens (including phenoxy) is 1. The van der Waals surface area contributed by atoms with Crippen LogP contribution in [0.4, 0.5) is 11.6 Å². The molecule has 2 aromatic rings. The molecule has 0 saturated carbocycles. The van der Waals surface area contributed by atoms with Crippen molar-refractivity contribution in [3.63, 3.8) is 0 Å². The van der Waals surface area contributed by atoms with Crippen molar-refractivity contribution in [3.8, 4) is 6.07 Å². The van der Waals surface area contributed by atoms with Gasteiger partial charge in [-0.15, -0.1) is 0 Å². The molecule has 108 valence electrons. The predicted molar refractivity (Wildman–Crippen MR) is 80.8 cm³/mol. The molecule has 1 aromatic heterocycles. The highest BCUT2D eigenvalue weighted by Crippen LogP contribution is 2.13. The normalized spacial score (nSPS) is 9.95. The highest BCUT2D eigenvalue weighted by molar-refractivity contribution is 5.47. The van der Waals surface area contributed by atoms with Crippen LogP contribution in [0.25, 0.3) is 0 Å². The van der Waals surface area contributed by atoms with Crippen LogP contribution in [0.2, 0.25) is 0 Å². The fourth-order valence-corrected chi connectivity index (χ4v) is 1.85. The second-order valence-corrected chi connectivity index (χ2v) is 4.40. The van der Waals surface area contributed by atoms with E-state index in [9.17, 15) is 0 Å². The average molecular weight is 283 g/mol. The minimum absolute atomic E-state index is 0.355. The summed E-state index contributed by atoms with van der Waals surface area (Å²) in [6.45, 7) is 0.941. The summed E-state index contributed by atoms with van der Waals surface area (Å²) in [5, 5.41) is 15.1. The number of nitrogens with zero attached hydrogens (tertiary/aromatic N) is 3. The summed E-state index contributed by atoms with van der Waals surface area (Å²) in [5.41, 5.74) is 1.67. The quantitative estimate of drug-likeness (QED) is 0.845. The van der Waals surface area contributed by atoms with Gasteiger partial charge in [-0.25, -0.2) is 9.97 Å². The lowest BCUT2D eigenvalue weighted by atomic mass is 10.1.